The van der Waals surface area contributed by atoms with E-state index in [0.29, 0.717) is 0 Å². The standard InChI is InChI=1S/Bi.Ce.Fe.La.Mn.4O/q2*+3;+2;+3;;;;2*-1. The van der Waals surface area contributed by atoms with Gasteiger partial charge >= 0.3 is 150 Å². The molecule has 0 saturated heterocycles. The van der Waals surface area contributed by atoms with Crippen LogP contribution >= 0.6 is 0 Å². The van der Waals surface area contributed by atoms with Gasteiger partial charge in [-0.2, -0.15) is 0 Å². The van der Waals surface area contributed by atoms with Crippen LogP contribution in [-0.4, -0.2) is 26.2 Å². The van der Waals surface area contributed by atoms with E-state index < -0.39 is 13.4 Å². The first-order valence-corrected chi connectivity index (χ1v) is 2.54. The van der Waals surface area contributed by atoms with Gasteiger partial charge in [0.2, 0.25) is 0 Å². The summed E-state index contributed by atoms with van der Waals surface area (Å²) in [5.74, 6) is 0. The summed E-state index contributed by atoms with van der Waals surface area (Å²) < 4.78 is 34.3. The normalized spacial score (nSPS) is 6.44. The Labute approximate surface area is 146 Å². The van der Waals surface area contributed by atoms with E-state index in [4.69, 9.17) is 16.0 Å². The summed E-state index contributed by atoms with van der Waals surface area (Å²) in [4.78, 5) is 0. The van der Waals surface area contributed by atoms with Gasteiger partial charge in [0.15, 0.2) is 0 Å². The molecule has 0 N–H and O–H groups in total. The molecular formula is BiCeFeLaMnO4+9. The van der Waals surface area contributed by atoms with Gasteiger partial charge in [-0.25, -0.2) is 0 Å². The van der Waals surface area contributed by atoms with Crippen LogP contribution in [0, 0.1) is 77.3 Å². The van der Waals surface area contributed by atoms with Crippen LogP contribution in [0.4, 0.5) is 0 Å². The van der Waals surface area contributed by atoms with Crippen molar-refractivity contribution >= 4 is 26.2 Å². The SMILES string of the molecule is [Bi+3].[Ce+3].[Fe+2].[La+3].[O]=[Mn](=[O])([O-])[O-]. The second-order valence-electron chi connectivity index (χ2n) is 0.378. The third-order valence-electron chi connectivity index (χ3n) is 0. The van der Waals surface area contributed by atoms with Crippen LogP contribution in [0.15, 0.2) is 0 Å². The fraction of sp³-hybridized carbons (Fsp3) is 0. The van der Waals surface area contributed by atoms with Crippen molar-refractivity contribution in [2.75, 3.05) is 0 Å². The molecule has 4 nitrogen and oxygen atoms in total. The van der Waals surface area contributed by atoms with Crippen LogP contribution in [0.25, 0.3) is 0 Å². The molecule has 0 aliphatic carbocycles. The summed E-state index contributed by atoms with van der Waals surface area (Å²) in [6.45, 7) is 0. The Morgan fingerprint density at radius 2 is 1.11 bits per heavy atom. The fourth-order valence-corrected chi connectivity index (χ4v) is 0. The van der Waals surface area contributed by atoms with Gasteiger partial charge < -0.3 is 0 Å². The molecule has 0 aromatic carbocycles. The Hall–Kier alpha value is 4.01. The van der Waals surface area contributed by atoms with E-state index in [2.05, 4.69) is 0 Å². The summed E-state index contributed by atoms with van der Waals surface area (Å²) in [5, 5.41) is 0. The fourth-order valence-electron chi connectivity index (χ4n) is 0. The third kappa shape index (κ3) is 74.8. The predicted molar refractivity (Wildman–Crippen MR) is 7.13 cm³/mol. The molecule has 0 rings (SSSR count). The molecule has 3 radical (unpaired) electrons. The van der Waals surface area contributed by atoms with Crippen molar-refractivity contribution in [1.29, 1.82) is 0 Å². The second kappa shape index (κ2) is 14.5. The van der Waals surface area contributed by atoms with Gasteiger partial charge in [-0.1, -0.05) is 0 Å². The predicted octanol–water partition coefficient (Wildman–Crippen LogP) is -3.00. The molecule has 0 aromatic heterocycles. The van der Waals surface area contributed by atoms with Gasteiger partial charge in [-0.15, -0.1) is 0 Å². The maximum absolute atomic E-state index is 8.58. The van der Waals surface area contributed by atoms with Crippen LogP contribution in [0.1, 0.15) is 0 Å². The minimum absolute atomic E-state index is 0. The van der Waals surface area contributed by atoms with Crippen molar-refractivity contribution in [2.45, 2.75) is 0 Å². The van der Waals surface area contributed by atoms with E-state index in [1.165, 1.54) is 0 Å². The number of rotatable bonds is 0. The Balaban J connectivity index is -0.0000000133. The first-order valence-electron chi connectivity index (χ1n) is 0.617. The minimum atomic E-state index is -5.62. The molecule has 9 heteroatoms. The molecule has 9 heavy (non-hydrogen) atoms. The molecule has 42 valence electrons. The van der Waals surface area contributed by atoms with Crippen LogP contribution in [0.5, 0.6) is 0 Å². The molecule has 0 atom stereocenters. The van der Waals surface area contributed by atoms with Crippen LogP contribution < -0.4 is 8.38 Å². The summed E-state index contributed by atoms with van der Waals surface area (Å²) in [5.41, 5.74) is 0. The summed E-state index contributed by atoms with van der Waals surface area (Å²) in [6, 6.07) is 0. The number of hydrogen-bond donors (Lipinski definition) is 0. The molecule has 0 heterocycles. The monoisotopic (exact) mass is 663 g/mol. The molecule has 0 spiro atoms. The summed E-state index contributed by atoms with van der Waals surface area (Å²) in [6.07, 6.45) is 0. The average molecular weight is 663 g/mol. The molecule has 0 amide bonds. The van der Waals surface area contributed by atoms with Gasteiger partial charge in [-0.05, 0) is 0 Å². The molecule has 0 aliphatic heterocycles. The second-order valence-corrected chi connectivity index (χ2v) is 1.56. The molecule has 0 fully saturated rings. The summed E-state index contributed by atoms with van der Waals surface area (Å²) >= 11 is -5.62. The molecule has 0 unspecified atom stereocenters. The number of hydrogen-bond acceptors (Lipinski definition) is 4. The van der Waals surface area contributed by atoms with E-state index in [9.17, 15) is 0 Å². The molecular weight excluding hydrogens is 663 g/mol. The van der Waals surface area contributed by atoms with Crippen molar-refractivity contribution in [1.82, 2.24) is 0 Å². The van der Waals surface area contributed by atoms with Gasteiger partial charge in [-0.3, -0.25) is 0 Å². The van der Waals surface area contributed by atoms with Gasteiger partial charge in [0.05, 0.1) is 0 Å². The van der Waals surface area contributed by atoms with E-state index >= 15 is 0 Å². The molecule has 0 saturated carbocycles. The van der Waals surface area contributed by atoms with Crippen LogP contribution in [0.3, 0.4) is 0 Å². The van der Waals surface area contributed by atoms with E-state index in [0.717, 1.165) is 0 Å². The Morgan fingerprint density at radius 3 is 1.11 bits per heavy atom. The Kier molecular flexibility index (Phi) is 47.2. The van der Waals surface area contributed by atoms with Crippen molar-refractivity contribution < 1.29 is 124 Å². The van der Waals surface area contributed by atoms with Gasteiger partial charge in [0.1, 0.15) is 0 Å². The van der Waals surface area contributed by atoms with Crippen LogP contribution in [0.2, 0.25) is 0 Å². The maximum atomic E-state index is 8.58. The zero-order chi connectivity index (χ0) is 4.50. The molecule has 0 bridgehead atoms. The Bertz CT molecular complexity index is 104. The van der Waals surface area contributed by atoms with Crippen molar-refractivity contribution in [2.24, 2.45) is 0 Å². The molecule has 0 aromatic rings. The van der Waals surface area contributed by atoms with Crippen molar-refractivity contribution in [3.63, 3.8) is 0 Å². The first-order chi connectivity index (χ1) is 2.00. The zero-order valence-corrected chi connectivity index (χ0v) is 16.4. The zero-order valence-electron chi connectivity index (χ0n) is 3.89. The summed E-state index contributed by atoms with van der Waals surface area (Å²) in [7, 11) is 0. The van der Waals surface area contributed by atoms with Crippen LogP contribution in [-0.2, 0) is 38.1 Å². The topological polar surface area (TPSA) is 80.3 Å². The third-order valence-corrected chi connectivity index (χ3v) is 0. The van der Waals surface area contributed by atoms with E-state index in [-0.39, 0.29) is 121 Å². The van der Waals surface area contributed by atoms with Crippen molar-refractivity contribution in [3.8, 4) is 0 Å². The van der Waals surface area contributed by atoms with Gasteiger partial charge in [0, 0.05) is 0 Å². The van der Waals surface area contributed by atoms with Crippen molar-refractivity contribution in [3.05, 3.63) is 0 Å². The van der Waals surface area contributed by atoms with E-state index in [1.807, 2.05) is 0 Å². The average Bonchev–Trinajstić information content (AvgIpc) is 0.722. The molecule has 0 aliphatic rings. The first kappa shape index (κ1) is 29.2. The van der Waals surface area contributed by atoms with E-state index in [1.54, 1.807) is 0 Å². The Morgan fingerprint density at radius 1 is 1.11 bits per heavy atom. The quantitative estimate of drug-likeness (QED) is 0.259. The van der Waals surface area contributed by atoms with Gasteiger partial charge in [0.25, 0.3) is 0 Å².